The number of nitrogens with zero attached hydrogens (tertiary/aromatic N) is 1. The summed E-state index contributed by atoms with van der Waals surface area (Å²) >= 11 is 0. The van der Waals surface area contributed by atoms with E-state index in [1.807, 2.05) is 24.3 Å². The van der Waals surface area contributed by atoms with E-state index in [2.05, 4.69) is 34.8 Å². The number of carbonyl (C=O) groups excluding carboxylic acids is 1. The van der Waals surface area contributed by atoms with Gasteiger partial charge >= 0.3 is 0 Å². The second-order valence-corrected chi connectivity index (χ2v) is 6.29. The number of carbonyl (C=O) groups is 1. The SMILES string of the molecule is CCCNC(=NCc1cccc(NC(=O)C2CCCC2)c1)NCC. The van der Waals surface area contributed by atoms with Gasteiger partial charge in [0.25, 0.3) is 0 Å². The molecule has 0 unspecified atom stereocenters. The van der Waals surface area contributed by atoms with Gasteiger partial charge in [0.1, 0.15) is 0 Å². The minimum atomic E-state index is 0.158. The first-order valence-corrected chi connectivity index (χ1v) is 9.15. The van der Waals surface area contributed by atoms with E-state index in [4.69, 9.17) is 0 Å². The highest BCUT2D eigenvalue weighted by atomic mass is 16.1. The van der Waals surface area contributed by atoms with Crippen molar-refractivity contribution in [3.8, 4) is 0 Å². The van der Waals surface area contributed by atoms with Crippen molar-refractivity contribution in [2.24, 2.45) is 10.9 Å². The van der Waals surface area contributed by atoms with Crippen LogP contribution in [-0.2, 0) is 11.3 Å². The number of anilines is 1. The van der Waals surface area contributed by atoms with Gasteiger partial charge in [-0.25, -0.2) is 4.99 Å². The molecular formula is C19H30N4O. The monoisotopic (exact) mass is 330 g/mol. The fourth-order valence-electron chi connectivity index (χ4n) is 2.94. The zero-order valence-electron chi connectivity index (χ0n) is 14.9. The van der Waals surface area contributed by atoms with Crippen molar-refractivity contribution in [2.45, 2.75) is 52.5 Å². The van der Waals surface area contributed by atoms with E-state index in [0.29, 0.717) is 6.54 Å². The number of hydrogen-bond donors (Lipinski definition) is 3. The van der Waals surface area contributed by atoms with Crippen LogP contribution in [0.5, 0.6) is 0 Å². The van der Waals surface area contributed by atoms with Gasteiger partial charge in [-0.1, -0.05) is 31.9 Å². The molecule has 5 heteroatoms. The molecule has 3 N–H and O–H groups in total. The minimum Gasteiger partial charge on any atom is -0.357 e. The number of benzene rings is 1. The highest BCUT2D eigenvalue weighted by Crippen LogP contribution is 2.26. The molecule has 24 heavy (non-hydrogen) atoms. The number of guanidine groups is 1. The van der Waals surface area contributed by atoms with E-state index in [9.17, 15) is 4.79 Å². The summed E-state index contributed by atoms with van der Waals surface area (Å²) in [6.45, 7) is 6.53. The van der Waals surface area contributed by atoms with E-state index in [1.54, 1.807) is 0 Å². The lowest BCUT2D eigenvalue weighted by Crippen LogP contribution is -2.37. The Morgan fingerprint density at radius 2 is 2.00 bits per heavy atom. The summed E-state index contributed by atoms with van der Waals surface area (Å²) in [6.07, 6.45) is 5.44. The van der Waals surface area contributed by atoms with Crippen LogP contribution in [0.4, 0.5) is 5.69 Å². The number of aliphatic imine (C=N–C) groups is 1. The molecule has 1 fully saturated rings. The fourth-order valence-corrected chi connectivity index (χ4v) is 2.94. The van der Waals surface area contributed by atoms with Gasteiger partial charge in [-0.05, 0) is 43.9 Å². The van der Waals surface area contributed by atoms with Gasteiger partial charge in [0, 0.05) is 24.7 Å². The highest BCUT2D eigenvalue weighted by Gasteiger charge is 2.22. The predicted octanol–water partition coefficient (Wildman–Crippen LogP) is 3.28. The summed E-state index contributed by atoms with van der Waals surface area (Å²) in [7, 11) is 0. The lowest BCUT2D eigenvalue weighted by Gasteiger charge is -2.12. The van der Waals surface area contributed by atoms with E-state index in [-0.39, 0.29) is 11.8 Å². The predicted molar refractivity (Wildman–Crippen MR) is 100 cm³/mol. The molecular weight excluding hydrogens is 300 g/mol. The number of amides is 1. The smallest absolute Gasteiger partial charge is 0.227 e. The quantitative estimate of drug-likeness (QED) is 0.531. The molecule has 0 saturated heterocycles. The van der Waals surface area contributed by atoms with E-state index in [1.165, 1.54) is 12.8 Å². The third kappa shape index (κ3) is 5.87. The first-order chi connectivity index (χ1) is 11.7. The number of rotatable bonds is 7. The second-order valence-electron chi connectivity index (χ2n) is 6.29. The Labute approximate surface area is 145 Å². The van der Waals surface area contributed by atoms with Crippen LogP contribution in [0.25, 0.3) is 0 Å². The molecule has 1 aromatic rings. The van der Waals surface area contributed by atoms with Crippen molar-refractivity contribution >= 4 is 17.6 Å². The summed E-state index contributed by atoms with van der Waals surface area (Å²) in [5.74, 6) is 1.18. The average Bonchev–Trinajstić information content (AvgIpc) is 3.12. The molecule has 2 rings (SSSR count). The van der Waals surface area contributed by atoms with Gasteiger partial charge in [0.2, 0.25) is 5.91 Å². The first kappa shape index (κ1) is 18.3. The second kappa shape index (κ2) is 9.96. The minimum absolute atomic E-state index is 0.158. The largest absolute Gasteiger partial charge is 0.357 e. The van der Waals surface area contributed by atoms with Crippen molar-refractivity contribution in [2.75, 3.05) is 18.4 Å². The van der Waals surface area contributed by atoms with Crippen LogP contribution in [0.3, 0.4) is 0 Å². The van der Waals surface area contributed by atoms with Gasteiger partial charge in [0.15, 0.2) is 5.96 Å². The Bertz CT molecular complexity index is 550. The molecule has 1 saturated carbocycles. The number of nitrogens with one attached hydrogen (secondary N) is 3. The first-order valence-electron chi connectivity index (χ1n) is 9.15. The molecule has 1 amide bonds. The van der Waals surface area contributed by atoms with Crippen molar-refractivity contribution in [3.63, 3.8) is 0 Å². The molecule has 0 heterocycles. The molecule has 0 radical (unpaired) electrons. The maximum absolute atomic E-state index is 12.2. The van der Waals surface area contributed by atoms with Crippen LogP contribution in [0, 0.1) is 5.92 Å². The van der Waals surface area contributed by atoms with Gasteiger partial charge in [-0.3, -0.25) is 4.79 Å². The van der Waals surface area contributed by atoms with Crippen LogP contribution >= 0.6 is 0 Å². The molecule has 0 atom stereocenters. The molecule has 0 spiro atoms. The average molecular weight is 330 g/mol. The third-order valence-corrected chi connectivity index (χ3v) is 4.23. The lowest BCUT2D eigenvalue weighted by atomic mass is 10.1. The van der Waals surface area contributed by atoms with Crippen LogP contribution in [0.2, 0.25) is 0 Å². The van der Waals surface area contributed by atoms with E-state index in [0.717, 1.165) is 49.6 Å². The zero-order chi connectivity index (χ0) is 17.2. The normalized spacial score (nSPS) is 15.3. The van der Waals surface area contributed by atoms with Crippen LogP contribution in [-0.4, -0.2) is 25.0 Å². The Morgan fingerprint density at radius 3 is 2.71 bits per heavy atom. The van der Waals surface area contributed by atoms with Crippen molar-refractivity contribution < 1.29 is 4.79 Å². The Kier molecular flexibility index (Phi) is 7.59. The van der Waals surface area contributed by atoms with E-state index >= 15 is 0 Å². The summed E-state index contributed by atoms with van der Waals surface area (Å²) in [4.78, 5) is 16.8. The van der Waals surface area contributed by atoms with E-state index < -0.39 is 0 Å². The van der Waals surface area contributed by atoms with Gasteiger partial charge in [-0.2, -0.15) is 0 Å². The topological polar surface area (TPSA) is 65.5 Å². The summed E-state index contributed by atoms with van der Waals surface area (Å²) in [5, 5.41) is 9.59. The highest BCUT2D eigenvalue weighted by molar-refractivity contribution is 5.92. The third-order valence-electron chi connectivity index (χ3n) is 4.23. The van der Waals surface area contributed by atoms with Gasteiger partial charge < -0.3 is 16.0 Å². The van der Waals surface area contributed by atoms with Crippen molar-refractivity contribution in [1.29, 1.82) is 0 Å². The molecule has 5 nitrogen and oxygen atoms in total. The molecule has 0 aliphatic heterocycles. The Morgan fingerprint density at radius 1 is 1.21 bits per heavy atom. The van der Waals surface area contributed by atoms with Crippen LogP contribution in [0.15, 0.2) is 29.3 Å². The van der Waals surface area contributed by atoms with Crippen molar-refractivity contribution in [1.82, 2.24) is 10.6 Å². The molecule has 1 aliphatic rings. The maximum Gasteiger partial charge on any atom is 0.227 e. The molecule has 0 aromatic heterocycles. The Hall–Kier alpha value is -2.04. The summed E-state index contributed by atoms with van der Waals surface area (Å²) in [5.41, 5.74) is 1.96. The van der Waals surface area contributed by atoms with Gasteiger partial charge in [0.05, 0.1) is 6.54 Å². The molecule has 132 valence electrons. The van der Waals surface area contributed by atoms with Gasteiger partial charge in [-0.15, -0.1) is 0 Å². The molecule has 0 bridgehead atoms. The molecule has 1 aromatic carbocycles. The molecule has 1 aliphatic carbocycles. The lowest BCUT2D eigenvalue weighted by molar-refractivity contribution is -0.119. The van der Waals surface area contributed by atoms with Crippen molar-refractivity contribution in [3.05, 3.63) is 29.8 Å². The maximum atomic E-state index is 12.2. The number of hydrogen-bond acceptors (Lipinski definition) is 2. The van der Waals surface area contributed by atoms with Crippen LogP contribution in [0.1, 0.15) is 51.5 Å². The summed E-state index contributed by atoms with van der Waals surface area (Å²) in [6, 6.07) is 7.97. The zero-order valence-corrected chi connectivity index (χ0v) is 14.9. The Balaban J connectivity index is 1.94. The standard InChI is InChI=1S/C19H30N4O/c1-3-12-21-19(20-4-2)22-14-15-8-7-11-17(13-15)23-18(24)16-9-5-6-10-16/h7-8,11,13,16H,3-6,9-10,12,14H2,1-2H3,(H,23,24)(H2,20,21,22). The van der Waals surface area contributed by atoms with Crippen LogP contribution < -0.4 is 16.0 Å². The fraction of sp³-hybridized carbons (Fsp3) is 0.579. The summed E-state index contributed by atoms with van der Waals surface area (Å²) < 4.78 is 0.